The molecule has 1 fully saturated rings. The second-order valence-electron chi connectivity index (χ2n) is 11.4. The Bertz CT molecular complexity index is 1820. The molecule has 5 rings (SSSR count). The maximum absolute atomic E-state index is 11.1. The Morgan fingerprint density at radius 2 is 1.72 bits per heavy atom. The van der Waals surface area contributed by atoms with E-state index in [-0.39, 0.29) is 17.5 Å². The van der Waals surface area contributed by atoms with Crippen molar-refractivity contribution >= 4 is 59.6 Å². The third-order valence-electron chi connectivity index (χ3n) is 7.47. The lowest BCUT2D eigenvalue weighted by atomic mass is 10.0. The van der Waals surface area contributed by atoms with Crippen LogP contribution in [-0.4, -0.2) is 59.9 Å². The number of hydrogen-bond acceptors (Lipinski definition) is 10. The molecule has 1 unspecified atom stereocenters. The maximum atomic E-state index is 11.1. The highest BCUT2D eigenvalue weighted by Gasteiger charge is 2.33. The smallest absolute Gasteiger partial charge is 0.263 e. The van der Waals surface area contributed by atoms with E-state index in [1.807, 2.05) is 18.2 Å². The van der Waals surface area contributed by atoms with Gasteiger partial charge >= 0.3 is 0 Å². The zero-order valence-electron chi connectivity index (χ0n) is 26.3. The fraction of sp³-hybridized carbons (Fsp3) is 0.394. The average Bonchev–Trinajstić information content (AvgIpc) is 3.49. The van der Waals surface area contributed by atoms with Gasteiger partial charge in [-0.15, -0.1) is 0 Å². The van der Waals surface area contributed by atoms with Gasteiger partial charge in [-0.25, -0.2) is 16.8 Å². The summed E-state index contributed by atoms with van der Waals surface area (Å²) in [5, 5.41) is 2.14. The van der Waals surface area contributed by atoms with Gasteiger partial charge < -0.3 is 14.0 Å². The van der Waals surface area contributed by atoms with Gasteiger partial charge in [-0.05, 0) is 87.9 Å². The second-order valence-corrected chi connectivity index (χ2v) is 16.6. The number of rotatable bonds is 12. The average molecular weight is 703 g/mol. The summed E-state index contributed by atoms with van der Waals surface area (Å²) in [6.45, 7) is 7.48. The maximum Gasteiger partial charge on any atom is 0.263 e. The number of benzene rings is 1. The molecule has 0 N–H and O–H groups in total. The van der Waals surface area contributed by atoms with E-state index in [1.54, 1.807) is 35.5 Å². The van der Waals surface area contributed by atoms with Crippen molar-refractivity contribution in [2.45, 2.75) is 65.5 Å². The summed E-state index contributed by atoms with van der Waals surface area (Å²) in [6, 6.07) is 12.2. The molecule has 13 heteroatoms. The molecule has 1 atom stereocenters. The molecule has 0 spiro atoms. The van der Waals surface area contributed by atoms with Gasteiger partial charge in [0, 0.05) is 53.9 Å². The first-order valence-electron chi connectivity index (χ1n) is 15.2. The van der Waals surface area contributed by atoms with Crippen LogP contribution in [0.1, 0.15) is 56.5 Å². The third-order valence-corrected chi connectivity index (χ3v) is 11.3. The van der Waals surface area contributed by atoms with Crippen LogP contribution in [0.2, 0.25) is 0 Å². The lowest BCUT2D eigenvalue weighted by Gasteiger charge is -2.28. The van der Waals surface area contributed by atoms with Gasteiger partial charge in [-0.3, -0.25) is 4.98 Å². The SMILES string of the molecule is CC1=CCC2C(=C1)S/C(=C\C(C)=C\c1sc3cc(C)ccc3[n+]1CCCCS(=O)(=O)[O-])N2CCCCS(=O)(=O)[O-].c1ccncc1. The summed E-state index contributed by atoms with van der Waals surface area (Å²) in [4.78, 5) is 7.38. The van der Waals surface area contributed by atoms with Crippen LogP contribution >= 0.6 is 23.1 Å². The lowest BCUT2D eigenvalue weighted by molar-refractivity contribution is -0.669. The van der Waals surface area contributed by atoms with E-state index < -0.39 is 20.2 Å². The van der Waals surface area contributed by atoms with Crippen molar-refractivity contribution < 1.29 is 30.5 Å². The molecule has 0 saturated carbocycles. The number of aryl methyl sites for hydroxylation is 2. The van der Waals surface area contributed by atoms with Crippen molar-refractivity contribution in [2.24, 2.45) is 0 Å². The molecule has 3 aromatic rings. The molecule has 1 aromatic carbocycles. The van der Waals surface area contributed by atoms with E-state index in [0.717, 1.165) is 37.8 Å². The molecule has 1 aliphatic carbocycles. The lowest BCUT2D eigenvalue weighted by Crippen LogP contribution is -2.35. The van der Waals surface area contributed by atoms with Crippen molar-refractivity contribution in [3.8, 4) is 0 Å². The van der Waals surface area contributed by atoms with Crippen LogP contribution in [0.5, 0.6) is 0 Å². The van der Waals surface area contributed by atoms with Gasteiger partial charge in [0.2, 0.25) is 5.52 Å². The van der Waals surface area contributed by atoms with Crippen LogP contribution in [0.15, 0.2) is 88.1 Å². The Labute approximate surface area is 280 Å². The first kappa shape index (κ1) is 36.0. The van der Waals surface area contributed by atoms with Gasteiger partial charge in [-0.2, -0.15) is 4.57 Å². The highest BCUT2D eigenvalue weighted by molar-refractivity contribution is 8.07. The Kier molecular flexibility index (Phi) is 12.8. The molecule has 0 radical (unpaired) electrons. The molecule has 3 heterocycles. The van der Waals surface area contributed by atoms with E-state index in [0.29, 0.717) is 38.8 Å². The van der Waals surface area contributed by atoms with Crippen LogP contribution in [0.3, 0.4) is 0 Å². The number of fused-ring (bicyclic) bond motifs is 2. The number of thiazole rings is 1. The fourth-order valence-corrected chi connectivity index (χ4v) is 9.13. The highest BCUT2D eigenvalue weighted by atomic mass is 32.2. The third kappa shape index (κ3) is 11.2. The molecular weight excluding hydrogens is 663 g/mol. The first-order chi connectivity index (χ1) is 21.8. The molecule has 1 saturated heterocycles. The van der Waals surface area contributed by atoms with Gasteiger partial charge in [-0.1, -0.05) is 46.9 Å². The zero-order chi connectivity index (χ0) is 33.3. The van der Waals surface area contributed by atoms with Gasteiger partial charge in [0.25, 0.3) is 5.01 Å². The van der Waals surface area contributed by atoms with E-state index in [2.05, 4.69) is 77.7 Å². The Morgan fingerprint density at radius 3 is 2.35 bits per heavy atom. The summed E-state index contributed by atoms with van der Waals surface area (Å²) < 4.78 is 69.7. The number of unbranched alkanes of at least 4 members (excludes halogenated alkanes) is 2. The van der Waals surface area contributed by atoms with Gasteiger partial charge in [0.05, 0.1) is 31.3 Å². The number of thioether (sulfide) groups is 1. The number of pyridine rings is 1. The molecule has 1 aliphatic heterocycles. The van der Waals surface area contributed by atoms with E-state index in [9.17, 15) is 25.9 Å². The number of allylic oxidation sites excluding steroid dienone is 4. The number of nitrogens with zero attached hydrogens (tertiary/aromatic N) is 3. The number of aromatic nitrogens is 2. The van der Waals surface area contributed by atoms with Crippen LogP contribution in [-0.2, 0) is 26.8 Å². The van der Waals surface area contributed by atoms with Crippen molar-refractivity contribution in [3.05, 3.63) is 98.7 Å². The second kappa shape index (κ2) is 16.3. The molecule has 2 aromatic heterocycles. The molecule has 46 heavy (non-hydrogen) atoms. The Balaban J connectivity index is 0.000000717. The van der Waals surface area contributed by atoms with E-state index in [4.69, 9.17) is 0 Å². The Hall–Kier alpha value is -2.81. The van der Waals surface area contributed by atoms with Crippen LogP contribution in [0.25, 0.3) is 16.3 Å². The van der Waals surface area contributed by atoms with E-state index >= 15 is 0 Å². The predicted molar refractivity (Wildman–Crippen MR) is 185 cm³/mol. The largest absolute Gasteiger partial charge is 0.748 e. The van der Waals surface area contributed by atoms with Gasteiger partial charge in [0.15, 0.2) is 6.54 Å². The molecule has 0 amide bonds. The van der Waals surface area contributed by atoms with Crippen LogP contribution < -0.4 is 4.57 Å². The topological polar surface area (TPSA) is 134 Å². The summed E-state index contributed by atoms with van der Waals surface area (Å²) in [5.41, 5.74) is 4.53. The Morgan fingerprint density at radius 1 is 1.02 bits per heavy atom. The minimum absolute atomic E-state index is 0.214. The fourth-order valence-electron chi connectivity index (χ4n) is 5.29. The quantitative estimate of drug-likeness (QED) is 0.124. The van der Waals surface area contributed by atoms with Crippen molar-refractivity contribution in [3.63, 3.8) is 0 Å². The monoisotopic (exact) mass is 702 g/mol. The van der Waals surface area contributed by atoms with Crippen molar-refractivity contribution in [2.75, 3.05) is 18.1 Å². The molecule has 0 bridgehead atoms. The standard InChI is InChI=1S/C28H36N2O6S4.C5H5N/c1-20-8-10-23-25(16-20)37-27(29(23)12-4-6-14-39(31,32)33)18-22(3)19-28-30(13-5-7-15-40(34,35)36)24-11-9-21(2)17-26(24)38-28;1-2-4-6-5-3-1/h8-10,16-19,24H,4-7,11-15H2,1-3H3,(H-,31,32,33,34,35,36);1-5H/p-1. The normalized spacial score (nSPS) is 17.8. The van der Waals surface area contributed by atoms with Gasteiger partial charge in [0.1, 0.15) is 4.70 Å². The summed E-state index contributed by atoms with van der Waals surface area (Å²) >= 11 is 3.41. The summed E-state index contributed by atoms with van der Waals surface area (Å²) in [7, 11) is -8.44. The van der Waals surface area contributed by atoms with Crippen molar-refractivity contribution in [1.29, 1.82) is 0 Å². The van der Waals surface area contributed by atoms with E-state index in [1.165, 1.54) is 10.5 Å². The number of hydrogen-bond donors (Lipinski definition) is 0. The summed E-state index contributed by atoms with van der Waals surface area (Å²) in [5.74, 6) is -0.700. The zero-order valence-corrected chi connectivity index (χ0v) is 29.6. The predicted octanol–water partition coefficient (Wildman–Crippen LogP) is 6.13. The van der Waals surface area contributed by atoms with Crippen LogP contribution in [0, 0.1) is 6.92 Å². The molecule has 9 nitrogen and oxygen atoms in total. The van der Waals surface area contributed by atoms with Crippen molar-refractivity contribution in [1.82, 2.24) is 9.88 Å². The van der Waals surface area contributed by atoms with Crippen LogP contribution in [0.4, 0.5) is 0 Å². The minimum atomic E-state index is -4.23. The molecular formula is C33H40N3O6S4-. The molecule has 2 aliphatic rings. The minimum Gasteiger partial charge on any atom is -0.748 e. The molecule has 248 valence electrons. The first-order valence-corrected chi connectivity index (χ1v) is 20.0. The highest BCUT2D eigenvalue weighted by Crippen LogP contribution is 2.46. The summed E-state index contributed by atoms with van der Waals surface area (Å²) in [6.07, 6.45) is 15.0.